The van der Waals surface area contributed by atoms with Crippen LogP contribution in [0.5, 0.6) is 0 Å². The molecule has 0 saturated heterocycles. The molecule has 140 valence electrons. The predicted molar refractivity (Wildman–Crippen MR) is 85.3 cm³/mol. The molecule has 0 N–H and O–H groups in total. The van der Waals surface area contributed by atoms with Crippen LogP contribution in [0.3, 0.4) is 0 Å². The van der Waals surface area contributed by atoms with Gasteiger partial charge in [-0.2, -0.15) is 18.2 Å². The van der Waals surface area contributed by atoms with E-state index in [1.807, 2.05) is 0 Å². The van der Waals surface area contributed by atoms with Gasteiger partial charge >= 0.3 is 12.1 Å². The fourth-order valence-electron chi connectivity index (χ4n) is 2.16. The Hall–Kier alpha value is -2.94. The summed E-state index contributed by atoms with van der Waals surface area (Å²) < 4.78 is 61.7. The highest BCUT2D eigenvalue weighted by molar-refractivity contribution is 6.33. The molecule has 0 aliphatic heterocycles. The molecule has 1 heterocycles. The smallest absolute Gasteiger partial charge is 0.416 e. The molecule has 0 bridgehead atoms. The molecule has 0 radical (unpaired) electrons. The van der Waals surface area contributed by atoms with E-state index >= 15 is 0 Å². The van der Waals surface area contributed by atoms with Gasteiger partial charge in [-0.15, -0.1) is 0 Å². The maximum absolute atomic E-state index is 13.7. The van der Waals surface area contributed by atoms with Gasteiger partial charge in [-0.3, -0.25) is 0 Å². The Labute approximate surface area is 154 Å². The number of aromatic nitrogens is 2. The van der Waals surface area contributed by atoms with E-state index in [2.05, 4.69) is 10.1 Å². The summed E-state index contributed by atoms with van der Waals surface area (Å²) in [5.74, 6) is -2.20. The van der Waals surface area contributed by atoms with Crippen LogP contribution >= 0.6 is 11.6 Å². The Bertz CT molecular complexity index is 968. The molecule has 5 nitrogen and oxygen atoms in total. The highest BCUT2D eigenvalue weighted by atomic mass is 35.5. The van der Waals surface area contributed by atoms with Crippen molar-refractivity contribution in [2.24, 2.45) is 0 Å². The minimum atomic E-state index is -4.52. The minimum absolute atomic E-state index is 0.0725. The monoisotopic (exact) mass is 400 g/mol. The van der Waals surface area contributed by atoms with Gasteiger partial charge in [-0.05, 0) is 24.3 Å². The van der Waals surface area contributed by atoms with E-state index < -0.39 is 35.7 Å². The summed E-state index contributed by atoms with van der Waals surface area (Å²) in [5, 5.41) is 3.42. The van der Waals surface area contributed by atoms with Gasteiger partial charge in [-0.1, -0.05) is 35.0 Å². The molecule has 27 heavy (non-hydrogen) atoms. The second-order valence-electron chi connectivity index (χ2n) is 5.26. The first-order chi connectivity index (χ1) is 12.8. The van der Waals surface area contributed by atoms with Crippen LogP contribution in [0.15, 0.2) is 47.0 Å². The number of esters is 1. The largest absolute Gasteiger partial charge is 0.452 e. The number of nitrogens with zero attached hydrogens (tertiary/aromatic N) is 2. The number of benzene rings is 2. The zero-order valence-electron chi connectivity index (χ0n) is 13.3. The Balaban J connectivity index is 1.73. The molecule has 10 heteroatoms. The normalized spacial score (nSPS) is 11.4. The van der Waals surface area contributed by atoms with Gasteiger partial charge in [0.1, 0.15) is 11.4 Å². The Kier molecular flexibility index (Phi) is 5.13. The number of carbonyl (C=O) groups excluding carboxylic acids is 1. The van der Waals surface area contributed by atoms with Crippen LogP contribution in [-0.4, -0.2) is 16.1 Å². The number of hydrogen-bond donors (Lipinski definition) is 0. The molecule has 0 spiro atoms. The van der Waals surface area contributed by atoms with Crippen LogP contribution in [-0.2, 0) is 17.5 Å². The topological polar surface area (TPSA) is 65.2 Å². The maximum Gasteiger partial charge on any atom is 0.416 e. The zero-order chi connectivity index (χ0) is 19.6. The minimum Gasteiger partial charge on any atom is -0.452 e. The van der Waals surface area contributed by atoms with E-state index in [1.54, 1.807) is 0 Å². The van der Waals surface area contributed by atoms with Gasteiger partial charge < -0.3 is 9.26 Å². The van der Waals surface area contributed by atoms with E-state index in [0.717, 1.165) is 18.2 Å². The lowest BCUT2D eigenvalue weighted by Gasteiger charge is -2.06. The molecule has 0 atom stereocenters. The predicted octanol–water partition coefficient (Wildman–Crippen LogP) is 4.90. The van der Waals surface area contributed by atoms with Gasteiger partial charge in [0.25, 0.3) is 5.89 Å². The molecule has 0 saturated carbocycles. The fraction of sp³-hybridized carbons (Fsp3) is 0.118. The van der Waals surface area contributed by atoms with Crippen LogP contribution < -0.4 is 0 Å². The number of ether oxygens (including phenoxy) is 1. The summed E-state index contributed by atoms with van der Waals surface area (Å²) in [6.45, 7) is -0.505. The summed E-state index contributed by atoms with van der Waals surface area (Å²) in [5.41, 5.74) is -1.24. The van der Waals surface area contributed by atoms with Crippen LogP contribution in [0, 0.1) is 5.82 Å². The van der Waals surface area contributed by atoms with Crippen LogP contribution in [0.25, 0.3) is 11.4 Å². The van der Waals surface area contributed by atoms with Crippen molar-refractivity contribution in [2.75, 3.05) is 0 Å². The third-order valence-electron chi connectivity index (χ3n) is 3.41. The number of carbonyl (C=O) groups is 1. The number of halogens is 5. The molecule has 0 unspecified atom stereocenters. The molecule has 0 aliphatic rings. The number of alkyl halides is 3. The van der Waals surface area contributed by atoms with Crippen molar-refractivity contribution in [2.45, 2.75) is 12.8 Å². The number of hydrogen-bond acceptors (Lipinski definition) is 5. The van der Waals surface area contributed by atoms with Crippen molar-refractivity contribution >= 4 is 17.6 Å². The lowest BCUT2D eigenvalue weighted by molar-refractivity contribution is -0.137. The van der Waals surface area contributed by atoms with Crippen molar-refractivity contribution in [1.82, 2.24) is 10.1 Å². The summed E-state index contributed by atoms with van der Waals surface area (Å²) in [4.78, 5) is 15.8. The van der Waals surface area contributed by atoms with Crippen LogP contribution in [0.1, 0.15) is 21.8 Å². The average molecular weight is 401 g/mol. The molecular formula is C17H9ClF4N2O3. The molecule has 0 aliphatic carbocycles. The lowest BCUT2D eigenvalue weighted by atomic mass is 10.1. The Morgan fingerprint density at radius 1 is 1.19 bits per heavy atom. The quantitative estimate of drug-likeness (QED) is 0.460. The van der Waals surface area contributed by atoms with E-state index in [1.165, 1.54) is 24.3 Å². The Morgan fingerprint density at radius 3 is 2.63 bits per heavy atom. The summed E-state index contributed by atoms with van der Waals surface area (Å²) >= 11 is 5.76. The molecule has 3 rings (SSSR count). The lowest BCUT2D eigenvalue weighted by Crippen LogP contribution is -2.08. The van der Waals surface area contributed by atoms with Crippen molar-refractivity contribution in [3.8, 4) is 11.4 Å². The first kappa shape index (κ1) is 18.8. The van der Waals surface area contributed by atoms with Crippen LogP contribution in [0.2, 0.25) is 5.02 Å². The fourth-order valence-corrected chi connectivity index (χ4v) is 2.40. The highest BCUT2D eigenvalue weighted by Gasteiger charge is 2.30. The first-order valence-corrected chi connectivity index (χ1v) is 7.75. The van der Waals surface area contributed by atoms with Gasteiger partial charge in [-0.25, -0.2) is 9.18 Å². The van der Waals surface area contributed by atoms with E-state index in [-0.39, 0.29) is 22.3 Å². The standard InChI is InChI=1S/C17H9ClF4N2O3/c18-11-5-2-6-12(19)14(11)16(25)26-8-13-23-15(24-27-13)9-3-1-4-10(7-9)17(20,21)22/h1-7H,8H2. The molecular weight excluding hydrogens is 392 g/mol. The van der Waals surface area contributed by atoms with Gasteiger partial charge in [0.2, 0.25) is 5.82 Å². The first-order valence-electron chi connectivity index (χ1n) is 7.37. The van der Waals surface area contributed by atoms with E-state index in [0.29, 0.717) is 0 Å². The Morgan fingerprint density at radius 2 is 1.93 bits per heavy atom. The molecule has 0 amide bonds. The van der Waals surface area contributed by atoms with Crippen molar-refractivity contribution in [3.63, 3.8) is 0 Å². The zero-order valence-corrected chi connectivity index (χ0v) is 14.0. The maximum atomic E-state index is 13.7. The second kappa shape index (κ2) is 7.36. The van der Waals surface area contributed by atoms with Gasteiger partial charge in [0, 0.05) is 5.56 Å². The van der Waals surface area contributed by atoms with Crippen molar-refractivity contribution in [3.05, 3.63) is 70.3 Å². The average Bonchev–Trinajstić information content (AvgIpc) is 3.08. The van der Waals surface area contributed by atoms with Crippen molar-refractivity contribution in [1.29, 1.82) is 0 Å². The van der Waals surface area contributed by atoms with Crippen LogP contribution in [0.4, 0.5) is 17.6 Å². The third kappa shape index (κ3) is 4.25. The van der Waals surface area contributed by atoms with Gasteiger partial charge in [0.15, 0.2) is 6.61 Å². The van der Waals surface area contributed by atoms with Crippen molar-refractivity contribution < 1.29 is 31.6 Å². The van der Waals surface area contributed by atoms with E-state index in [4.69, 9.17) is 20.9 Å². The molecule has 0 fully saturated rings. The second-order valence-corrected chi connectivity index (χ2v) is 5.67. The number of rotatable bonds is 4. The summed E-state index contributed by atoms with van der Waals surface area (Å²) in [7, 11) is 0. The highest BCUT2D eigenvalue weighted by Crippen LogP contribution is 2.31. The summed E-state index contributed by atoms with van der Waals surface area (Å²) in [6, 6.07) is 8.03. The molecule has 1 aromatic heterocycles. The van der Waals surface area contributed by atoms with E-state index in [9.17, 15) is 22.4 Å². The summed E-state index contributed by atoms with van der Waals surface area (Å²) in [6.07, 6.45) is -4.52. The molecule has 3 aromatic rings. The third-order valence-corrected chi connectivity index (χ3v) is 3.72. The SMILES string of the molecule is O=C(OCc1nc(-c2cccc(C(F)(F)F)c2)no1)c1c(F)cccc1Cl. The molecule has 2 aromatic carbocycles. The van der Waals surface area contributed by atoms with Gasteiger partial charge in [0.05, 0.1) is 10.6 Å².